The van der Waals surface area contributed by atoms with Crippen LogP contribution in [0.3, 0.4) is 0 Å². The number of hydrogen-bond acceptors (Lipinski definition) is 20. The van der Waals surface area contributed by atoms with Crippen molar-refractivity contribution < 1.29 is 93.8 Å². The van der Waals surface area contributed by atoms with Crippen LogP contribution in [0.1, 0.15) is 50.4 Å². The molecule has 0 spiro atoms. The standard InChI is InChI=1S/C30H40N8O19S5/c39-18(4-2-1-3-15-24-14(13-58-15)34-30(49)36-24)31-6-8-60-59-7-5-19(40)35-25(26(45)32-11-22(43)56-37-20(41)9-16(28(37)47)61(50,51)52)27(46)33-12-23(44)57-38-21(42)10-17(29(38)48)62(53,54)55/h14-17,24-25H,1-13H2,(H,31,39)(H,32,45)(H,33,46)(H,35,40)(H2,34,36,49)(H,50,51,52)(H,53,54,55)/t14-,15-,16?,17?,24-,25?/m0/s1/i6D2,8D2. The number of nitrogens with one attached hydrogen (secondary N) is 6. The first-order valence-electron chi connectivity index (χ1n) is 19.7. The number of imide groups is 2. The Bertz CT molecular complexity index is 2160. The molecule has 0 aromatic carbocycles. The van der Waals surface area contributed by atoms with E-state index in [1.165, 1.54) is 0 Å². The topological polar surface area (TPSA) is 394 Å². The first-order chi connectivity index (χ1) is 30.5. The molecule has 5 atom stereocenters. The molecule has 0 aliphatic carbocycles. The van der Waals surface area contributed by atoms with Crippen LogP contribution in [-0.2, 0) is 77.9 Å². The average molecular weight is 981 g/mol. The number of fused-ring (bicyclic) bond motifs is 1. The van der Waals surface area contributed by atoms with Gasteiger partial charge in [-0.15, -0.1) is 10.1 Å². The molecule has 4 aliphatic heterocycles. The summed E-state index contributed by atoms with van der Waals surface area (Å²) in [5.41, 5.74) is -2.80. The van der Waals surface area contributed by atoms with Crippen LogP contribution in [0, 0.1) is 0 Å². The molecule has 0 aromatic heterocycles. The number of carbonyl (C=O) groups is 11. The lowest BCUT2D eigenvalue weighted by Gasteiger charge is -2.19. The summed E-state index contributed by atoms with van der Waals surface area (Å²) < 4.78 is 96.4. The predicted octanol–water partition coefficient (Wildman–Crippen LogP) is -4.74. The van der Waals surface area contributed by atoms with Gasteiger partial charge in [0, 0.05) is 44.5 Å². The Morgan fingerprint density at radius 2 is 1.34 bits per heavy atom. The second-order valence-corrected chi connectivity index (χ2v) is 19.8. The van der Waals surface area contributed by atoms with Crippen LogP contribution >= 0.6 is 33.3 Å². The lowest BCUT2D eigenvalue weighted by atomic mass is 10.0. The third-order valence-electron chi connectivity index (χ3n) is 8.72. The number of nitrogens with zero attached hydrogens (tertiary/aromatic N) is 2. The van der Waals surface area contributed by atoms with Gasteiger partial charge in [-0.1, -0.05) is 28.0 Å². The van der Waals surface area contributed by atoms with Crippen molar-refractivity contribution in [3.8, 4) is 0 Å². The molecule has 2 unspecified atom stereocenters. The Kier molecular flexibility index (Phi) is 15.6. The molecule has 4 fully saturated rings. The van der Waals surface area contributed by atoms with E-state index in [1.54, 1.807) is 22.4 Å². The second-order valence-electron chi connectivity index (χ2n) is 13.1. The molecular formula is C30H40N8O19S5. The van der Waals surface area contributed by atoms with Gasteiger partial charge in [0.15, 0.2) is 16.5 Å². The van der Waals surface area contributed by atoms with Crippen molar-refractivity contribution in [2.24, 2.45) is 0 Å². The van der Waals surface area contributed by atoms with Gasteiger partial charge in [-0.25, -0.2) is 14.4 Å². The summed E-state index contributed by atoms with van der Waals surface area (Å²) >= 11 is 1.68. The lowest BCUT2D eigenvalue weighted by molar-refractivity contribution is -0.196. The SMILES string of the molecule is [2H]C([2H])(NC(=O)CCCC[C@@H]1SC[C@@H]2NC(=O)N[C@@H]21)C([2H])([2H])SSCCC(=O)NC(C(=O)NCC(=O)ON1C(=O)CC(S(=O)(=O)O)C1=O)C(=O)NCC(=O)ON1C(=O)CC(S(=O)(=O)O)C1=O. The van der Waals surface area contributed by atoms with Crippen LogP contribution in [0.5, 0.6) is 0 Å². The maximum Gasteiger partial charge on any atom is 0.352 e. The largest absolute Gasteiger partial charge is 0.355 e. The van der Waals surface area contributed by atoms with Crippen molar-refractivity contribution in [1.82, 2.24) is 42.0 Å². The highest BCUT2D eigenvalue weighted by atomic mass is 33.1. The van der Waals surface area contributed by atoms with E-state index in [-0.39, 0.29) is 56.5 Å². The van der Waals surface area contributed by atoms with E-state index < -0.39 is 141 Å². The number of thioether (sulfide) groups is 1. The number of rotatable bonds is 23. The van der Waals surface area contributed by atoms with Crippen molar-refractivity contribution >= 4 is 119 Å². The second kappa shape index (κ2) is 22.0. The maximum absolute atomic E-state index is 13.1. The van der Waals surface area contributed by atoms with E-state index >= 15 is 0 Å². The summed E-state index contributed by atoms with van der Waals surface area (Å²) in [5.74, 6) is -14.0. The molecule has 4 saturated heterocycles. The molecule has 4 aliphatic rings. The van der Waals surface area contributed by atoms with Gasteiger partial charge in [-0.3, -0.25) is 47.5 Å². The Morgan fingerprint density at radius 3 is 1.85 bits per heavy atom. The summed E-state index contributed by atoms with van der Waals surface area (Å²) in [6.07, 6.45) is -1.36. The maximum atomic E-state index is 13.1. The fourth-order valence-corrected chi connectivity index (χ4v) is 10.0. The van der Waals surface area contributed by atoms with Gasteiger partial charge < -0.3 is 41.6 Å². The first-order valence-corrected chi connectivity index (χ1v) is 24.1. The Balaban J connectivity index is 1.28. The van der Waals surface area contributed by atoms with Crippen molar-refractivity contribution in [3.63, 3.8) is 0 Å². The monoisotopic (exact) mass is 980 g/mol. The van der Waals surface area contributed by atoms with E-state index in [9.17, 15) is 69.6 Å². The fraction of sp³-hybridized carbons (Fsp3) is 0.633. The molecular weight excluding hydrogens is 937 g/mol. The van der Waals surface area contributed by atoms with Crippen LogP contribution in [0.4, 0.5) is 4.79 Å². The smallest absolute Gasteiger partial charge is 0.352 e. The summed E-state index contributed by atoms with van der Waals surface area (Å²) in [7, 11) is -9.33. The minimum atomic E-state index is -5.10. The van der Waals surface area contributed by atoms with Gasteiger partial charge in [-0.05, 0) is 12.8 Å². The average Bonchev–Trinajstić information content (AvgIpc) is 3.93. The van der Waals surface area contributed by atoms with Crippen molar-refractivity contribution in [2.75, 3.05) is 36.8 Å². The normalized spacial score (nSPS) is 24.1. The lowest BCUT2D eigenvalue weighted by Crippen LogP contribution is -2.56. The number of hydrogen-bond donors (Lipinski definition) is 8. The first kappa shape index (κ1) is 43.9. The predicted molar refractivity (Wildman–Crippen MR) is 210 cm³/mol. The Hall–Kier alpha value is -4.76. The Morgan fingerprint density at radius 1 is 0.790 bits per heavy atom. The number of carbonyl (C=O) groups excluding carboxylic acids is 11. The van der Waals surface area contributed by atoms with Gasteiger partial charge >= 0.3 is 18.0 Å². The van der Waals surface area contributed by atoms with Crippen LogP contribution < -0.4 is 31.9 Å². The number of urea groups is 1. The summed E-state index contributed by atoms with van der Waals surface area (Å²) in [4.78, 5) is 145. The third-order valence-corrected chi connectivity index (χ3v) is 14.2. The molecule has 0 bridgehead atoms. The highest BCUT2D eigenvalue weighted by molar-refractivity contribution is 8.76. The third kappa shape index (κ3) is 14.1. The molecule has 27 nitrogen and oxygen atoms in total. The van der Waals surface area contributed by atoms with E-state index in [4.69, 9.17) is 14.6 Å². The molecule has 0 radical (unpaired) electrons. The van der Waals surface area contributed by atoms with E-state index in [0.717, 1.165) is 5.75 Å². The minimum Gasteiger partial charge on any atom is -0.355 e. The van der Waals surface area contributed by atoms with Crippen LogP contribution in [-0.4, -0.2) is 172 Å². The molecule has 10 amide bonds. The summed E-state index contributed by atoms with van der Waals surface area (Å²) in [6.45, 7) is -5.51. The minimum absolute atomic E-state index is 0.0200. The molecule has 0 aromatic rings. The molecule has 344 valence electrons. The fourth-order valence-electron chi connectivity index (χ4n) is 5.75. The Labute approximate surface area is 369 Å². The zero-order valence-electron chi connectivity index (χ0n) is 35.5. The summed E-state index contributed by atoms with van der Waals surface area (Å²) in [6, 6.07) is -2.65. The van der Waals surface area contributed by atoms with E-state index in [0.29, 0.717) is 30.1 Å². The molecule has 4 heterocycles. The van der Waals surface area contributed by atoms with E-state index in [2.05, 4.69) is 20.3 Å². The van der Waals surface area contributed by atoms with Crippen LogP contribution in [0.15, 0.2) is 0 Å². The van der Waals surface area contributed by atoms with Crippen molar-refractivity contribution in [2.45, 2.75) is 78.8 Å². The van der Waals surface area contributed by atoms with Crippen LogP contribution in [0.25, 0.3) is 0 Å². The molecule has 32 heteroatoms. The van der Waals surface area contributed by atoms with Gasteiger partial charge in [0.2, 0.25) is 11.8 Å². The van der Waals surface area contributed by atoms with Gasteiger partial charge in [0.25, 0.3) is 55.7 Å². The van der Waals surface area contributed by atoms with Crippen molar-refractivity contribution in [1.29, 1.82) is 0 Å². The van der Waals surface area contributed by atoms with Crippen LogP contribution in [0.2, 0.25) is 0 Å². The number of hydroxylamine groups is 4. The quantitative estimate of drug-likeness (QED) is 0.0119. The van der Waals surface area contributed by atoms with Crippen molar-refractivity contribution in [3.05, 3.63) is 0 Å². The van der Waals surface area contributed by atoms with E-state index in [1.807, 2.05) is 10.6 Å². The molecule has 62 heavy (non-hydrogen) atoms. The molecule has 4 rings (SSSR count). The molecule has 8 N–H and O–H groups in total. The van der Waals surface area contributed by atoms with Gasteiger partial charge in [0.1, 0.15) is 13.1 Å². The van der Waals surface area contributed by atoms with Gasteiger partial charge in [-0.2, -0.15) is 28.6 Å². The number of unbranched alkanes of at least 4 members (excludes halogenated alkanes) is 1. The highest BCUT2D eigenvalue weighted by Crippen LogP contribution is 2.33. The zero-order chi connectivity index (χ0) is 49.5. The number of amides is 10. The highest BCUT2D eigenvalue weighted by Gasteiger charge is 2.50. The zero-order valence-corrected chi connectivity index (χ0v) is 35.6. The van der Waals surface area contributed by atoms with Gasteiger partial charge in [0.05, 0.1) is 27.7 Å². The summed E-state index contributed by atoms with van der Waals surface area (Å²) in [5, 5.41) is 8.13. The molecule has 0 saturated carbocycles.